The van der Waals surface area contributed by atoms with Gasteiger partial charge in [-0.25, -0.2) is 0 Å². The van der Waals surface area contributed by atoms with Crippen LogP contribution in [0.4, 0.5) is 0 Å². The maximum absolute atomic E-state index is 12.0. The van der Waals surface area contributed by atoms with E-state index in [1.807, 2.05) is 43.3 Å². The molecule has 0 aliphatic rings. The molecule has 2 rings (SSSR count). The Morgan fingerprint density at radius 2 is 2.00 bits per heavy atom. The van der Waals surface area contributed by atoms with Gasteiger partial charge in [-0.15, -0.1) is 11.3 Å². The summed E-state index contributed by atoms with van der Waals surface area (Å²) in [6.07, 6.45) is 1.18. The van der Waals surface area contributed by atoms with Crippen LogP contribution in [0.3, 0.4) is 0 Å². The van der Waals surface area contributed by atoms with Crippen LogP contribution in [0, 0.1) is 0 Å². The van der Waals surface area contributed by atoms with E-state index >= 15 is 0 Å². The van der Waals surface area contributed by atoms with E-state index in [2.05, 4.69) is 16.8 Å². The first kappa shape index (κ1) is 14.8. The third kappa shape index (κ3) is 4.47. The van der Waals surface area contributed by atoms with E-state index in [9.17, 15) is 4.79 Å². The minimum atomic E-state index is -0.245. The van der Waals surface area contributed by atoms with E-state index in [1.54, 1.807) is 11.3 Å². The van der Waals surface area contributed by atoms with Gasteiger partial charge in [0.25, 0.3) is 0 Å². The second kappa shape index (κ2) is 7.22. The van der Waals surface area contributed by atoms with Crippen LogP contribution < -0.4 is 11.1 Å². The molecule has 3 N–H and O–H groups in total. The largest absolute Gasteiger partial charge is 0.353 e. The molecule has 0 bridgehead atoms. The molecule has 2 aromatic rings. The molecular weight excluding hydrogens is 268 g/mol. The van der Waals surface area contributed by atoms with Gasteiger partial charge in [0.2, 0.25) is 5.91 Å². The molecule has 1 aromatic carbocycles. The Hall–Kier alpha value is -1.65. The lowest BCUT2D eigenvalue weighted by atomic mass is 10.0. The molecule has 0 aliphatic heterocycles. The zero-order chi connectivity index (χ0) is 14.4. The van der Waals surface area contributed by atoms with E-state index in [1.165, 1.54) is 4.88 Å². The first-order valence-electron chi connectivity index (χ1n) is 6.77. The van der Waals surface area contributed by atoms with Crippen LogP contribution in [0.15, 0.2) is 47.8 Å². The van der Waals surface area contributed by atoms with Gasteiger partial charge in [-0.3, -0.25) is 4.79 Å². The summed E-state index contributed by atoms with van der Waals surface area (Å²) in [5, 5.41) is 5.06. The number of carbonyl (C=O) groups is 1. The molecule has 1 heterocycles. The van der Waals surface area contributed by atoms with Gasteiger partial charge in [0.15, 0.2) is 0 Å². The van der Waals surface area contributed by atoms with Crippen molar-refractivity contribution in [3.8, 4) is 0 Å². The Kier molecular flexibility index (Phi) is 5.32. The second-order valence-electron chi connectivity index (χ2n) is 4.97. The fourth-order valence-electron chi connectivity index (χ4n) is 2.13. The highest BCUT2D eigenvalue weighted by molar-refractivity contribution is 7.09. The minimum Gasteiger partial charge on any atom is -0.353 e. The van der Waals surface area contributed by atoms with Crippen molar-refractivity contribution in [2.75, 3.05) is 0 Å². The summed E-state index contributed by atoms with van der Waals surface area (Å²) in [5.41, 5.74) is 7.04. The highest BCUT2D eigenvalue weighted by atomic mass is 32.1. The van der Waals surface area contributed by atoms with Crippen molar-refractivity contribution in [3.05, 3.63) is 58.3 Å². The van der Waals surface area contributed by atoms with Crippen LogP contribution in [0.25, 0.3) is 0 Å². The lowest BCUT2D eigenvalue weighted by Gasteiger charge is -2.16. The Morgan fingerprint density at radius 3 is 2.65 bits per heavy atom. The standard InChI is InChI=1S/C16H20N2OS/c1-12(10-14-8-5-9-20-14)18-16(19)11-15(17)13-6-3-2-4-7-13/h2-9,12,15H,10-11,17H2,1H3,(H,18,19)/t12-,15-/m1/s1. The molecule has 0 unspecified atom stereocenters. The molecular formula is C16H20N2OS. The predicted octanol–water partition coefficient (Wildman–Crippen LogP) is 2.89. The summed E-state index contributed by atoms with van der Waals surface area (Å²) in [5.74, 6) is 0.00501. The van der Waals surface area contributed by atoms with Crippen LogP contribution in [-0.4, -0.2) is 11.9 Å². The van der Waals surface area contributed by atoms with Gasteiger partial charge in [-0.1, -0.05) is 36.4 Å². The number of nitrogens with two attached hydrogens (primary N) is 1. The average Bonchev–Trinajstić information content (AvgIpc) is 2.92. The maximum atomic E-state index is 12.0. The quantitative estimate of drug-likeness (QED) is 0.858. The average molecular weight is 288 g/mol. The summed E-state index contributed by atoms with van der Waals surface area (Å²) < 4.78 is 0. The Bertz CT molecular complexity index is 525. The molecule has 106 valence electrons. The number of rotatable bonds is 6. The van der Waals surface area contributed by atoms with Crippen LogP contribution in [0.5, 0.6) is 0 Å². The summed E-state index contributed by atoms with van der Waals surface area (Å²) in [4.78, 5) is 13.3. The monoisotopic (exact) mass is 288 g/mol. The number of amides is 1. The molecule has 0 saturated carbocycles. The van der Waals surface area contributed by atoms with E-state index in [4.69, 9.17) is 5.73 Å². The van der Waals surface area contributed by atoms with E-state index in [0.717, 1.165) is 12.0 Å². The molecule has 0 spiro atoms. The molecule has 0 radical (unpaired) electrons. The molecule has 4 heteroatoms. The van der Waals surface area contributed by atoms with Gasteiger partial charge in [-0.05, 0) is 23.9 Å². The third-order valence-electron chi connectivity index (χ3n) is 3.13. The molecule has 3 nitrogen and oxygen atoms in total. The highest BCUT2D eigenvalue weighted by Crippen LogP contribution is 2.14. The van der Waals surface area contributed by atoms with Crippen LogP contribution >= 0.6 is 11.3 Å². The zero-order valence-corrected chi connectivity index (χ0v) is 12.4. The number of hydrogen-bond acceptors (Lipinski definition) is 3. The molecule has 1 amide bonds. The predicted molar refractivity (Wildman–Crippen MR) is 83.6 cm³/mol. The van der Waals surface area contributed by atoms with Crippen molar-refractivity contribution in [2.24, 2.45) is 5.73 Å². The van der Waals surface area contributed by atoms with Crippen molar-refractivity contribution in [3.63, 3.8) is 0 Å². The molecule has 1 aromatic heterocycles. The van der Waals surface area contributed by atoms with E-state index in [-0.39, 0.29) is 18.0 Å². The lowest BCUT2D eigenvalue weighted by molar-refractivity contribution is -0.122. The fourth-order valence-corrected chi connectivity index (χ4v) is 2.97. The van der Waals surface area contributed by atoms with Gasteiger partial charge >= 0.3 is 0 Å². The topological polar surface area (TPSA) is 55.1 Å². The summed E-state index contributed by atoms with van der Waals surface area (Å²) in [7, 11) is 0. The maximum Gasteiger partial charge on any atom is 0.222 e. The van der Waals surface area contributed by atoms with Crippen molar-refractivity contribution in [1.82, 2.24) is 5.32 Å². The molecule has 0 fully saturated rings. The molecule has 0 saturated heterocycles. The fraction of sp³-hybridized carbons (Fsp3) is 0.312. The van der Waals surface area contributed by atoms with Gasteiger partial charge in [0.1, 0.15) is 0 Å². The van der Waals surface area contributed by atoms with Crippen molar-refractivity contribution in [2.45, 2.75) is 31.8 Å². The first-order chi connectivity index (χ1) is 9.65. The second-order valence-corrected chi connectivity index (χ2v) is 6.01. The number of thiophene rings is 1. The third-order valence-corrected chi connectivity index (χ3v) is 4.03. The zero-order valence-electron chi connectivity index (χ0n) is 11.6. The van der Waals surface area contributed by atoms with Crippen molar-refractivity contribution < 1.29 is 4.79 Å². The Morgan fingerprint density at radius 1 is 1.25 bits per heavy atom. The smallest absolute Gasteiger partial charge is 0.222 e. The highest BCUT2D eigenvalue weighted by Gasteiger charge is 2.13. The number of hydrogen-bond donors (Lipinski definition) is 2. The SMILES string of the molecule is C[C@H](Cc1cccs1)NC(=O)C[C@@H](N)c1ccccc1. The summed E-state index contributed by atoms with van der Waals surface area (Å²) >= 11 is 1.71. The van der Waals surface area contributed by atoms with Crippen molar-refractivity contribution >= 4 is 17.2 Å². The Labute approximate surface area is 123 Å². The van der Waals surface area contributed by atoms with Gasteiger partial charge in [0.05, 0.1) is 0 Å². The van der Waals surface area contributed by atoms with E-state index < -0.39 is 0 Å². The van der Waals surface area contributed by atoms with Gasteiger partial charge < -0.3 is 11.1 Å². The molecule has 20 heavy (non-hydrogen) atoms. The van der Waals surface area contributed by atoms with Crippen LogP contribution in [0.2, 0.25) is 0 Å². The molecule has 2 atom stereocenters. The number of benzene rings is 1. The number of nitrogens with one attached hydrogen (secondary N) is 1. The van der Waals surface area contributed by atoms with Crippen molar-refractivity contribution in [1.29, 1.82) is 0 Å². The minimum absolute atomic E-state index is 0.00501. The normalized spacial score (nSPS) is 13.7. The Balaban J connectivity index is 1.80. The van der Waals surface area contributed by atoms with Gasteiger partial charge in [-0.2, -0.15) is 0 Å². The van der Waals surface area contributed by atoms with Gasteiger partial charge in [0, 0.05) is 29.8 Å². The summed E-state index contributed by atoms with van der Waals surface area (Å²) in [6, 6.07) is 13.7. The van der Waals surface area contributed by atoms with E-state index in [0.29, 0.717) is 6.42 Å². The van der Waals surface area contributed by atoms with Crippen LogP contribution in [0.1, 0.15) is 29.8 Å². The van der Waals surface area contributed by atoms with Crippen LogP contribution in [-0.2, 0) is 11.2 Å². The lowest BCUT2D eigenvalue weighted by Crippen LogP contribution is -2.35. The number of carbonyl (C=O) groups excluding carboxylic acids is 1. The summed E-state index contributed by atoms with van der Waals surface area (Å²) in [6.45, 7) is 2.02. The molecule has 0 aliphatic carbocycles. The first-order valence-corrected chi connectivity index (χ1v) is 7.65.